The average molecular weight is 250 g/mol. The van der Waals surface area contributed by atoms with Gasteiger partial charge in [0.1, 0.15) is 5.70 Å². The lowest BCUT2D eigenvalue weighted by atomic mass is 10.3. The van der Waals surface area contributed by atoms with E-state index in [0.29, 0.717) is 5.82 Å². The molecular formula is C13H10N6. The van der Waals surface area contributed by atoms with E-state index in [-0.39, 0.29) is 0 Å². The number of hydrazine groups is 2. The summed E-state index contributed by atoms with van der Waals surface area (Å²) in [4.78, 5) is 13.3. The van der Waals surface area contributed by atoms with Crippen LogP contribution >= 0.6 is 0 Å². The minimum Gasteiger partial charge on any atom is -0.309 e. The van der Waals surface area contributed by atoms with Crippen molar-refractivity contribution in [3.05, 3.63) is 54.1 Å². The molecule has 0 aliphatic carbocycles. The molecule has 0 saturated heterocycles. The largest absolute Gasteiger partial charge is 0.309 e. The standard InChI is InChI=1S/C13H10N6/c1-2-4-10-9(3-1)15-8-13(17-10)19-12-5-6-14-11(12)7-16-18-19/h1-8,16,18H. The maximum atomic E-state index is 4.60. The fraction of sp³-hybridized carbons (Fsp3) is 0. The van der Waals surface area contributed by atoms with Gasteiger partial charge in [-0.15, -0.1) is 5.53 Å². The van der Waals surface area contributed by atoms with Crippen molar-refractivity contribution in [2.24, 2.45) is 4.99 Å². The van der Waals surface area contributed by atoms with E-state index in [0.717, 1.165) is 22.4 Å². The van der Waals surface area contributed by atoms with Crippen LogP contribution in [0.1, 0.15) is 0 Å². The lowest BCUT2D eigenvalue weighted by molar-refractivity contribution is 0.590. The predicted molar refractivity (Wildman–Crippen MR) is 72.9 cm³/mol. The topological polar surface area (TPSA) is 65.4 Å². The Morgan fingerprint density at radius 2 is 2.00 bits per heavy atom. The number of hydrogen-bond acceptors (Lipinski definition) is 6. The SMILES string of the molecule is C1=NC2=CNNN(c3cnc4ccccc4n3)C2=C1. The lowest BCUT2D eigenvalue weighted by Gasteiger charge is -2.28. The third-order valence-corrected chi connectivity index (χ3v) is 3.00. The summed E-state index contributed by atoms with van der Waals surface area (Å²) in [6, 6.07) is 7.79. The molecule has 1 aromatic carbocycles. The molecule has 0 fully saturated rings. The molecule has 6 heteroatoms. The molecular weight excluding hydrogens is 240 g/mol. The Bertz CT molecular complexity index is 746. The minimum absolute atomic E-state index is 0.716. The van der Waals surface area contributed by atoms with Crippen molar-refractivity contribution in [2.45, 2.75) is 0 Å². The molecule has 6 nitrogen and oxygen atoms in total. The van der Waals surface area contributed by atoms with Crippen LogP contribution in [-0.4, -0.2) is 16.2 Å². The summed E-state index contributed by atoms with van der Waals surface area (Å²) >= 11 is 0. The molecule has 2 N–H and O–H groups in total. The smallest absolute Gasteiger partial charge is 0.168 e. The maximum absolute atomic E-state index is 4.60. The molecule has 0 atom stereocenters. The highest BCUT2D eigenvalue weighted by molar-refractivity contribution is 5.82. The summed E-state index contributed by atoms with van der Waals surface area (Å²) in [5.41, 5.74) is 9.53. The first-order valence-electron chi connectivity index (χ1n) is 5.90. The van der Waals surface area contributed by atoms with Gasteiger partial charge in [0.25, 0.3) is 0 Å². The Kier molecular flexibility index (Phi) is 2.09. The first-order valence-corrected chi connectivity index (χ1v) is 5.90. The van der Waals surface area contributed by atoms with Crippen LogP contribution in [0, 0.1) is 0 Å². The second kappa shape index (κ2) is 3.89. The summed E-state index contributed by atoms with van der Waals surface area (Å²) in [6.45, 7) is 0. The number of aliphatic imine (C=N–C) groups is 1. The van der Waals surface area contributed by atoms with E-state index in [1.165, 1.54) is 0 Å². The zero-order valence-electron chi connectivity index (χ0n) is 9.91. The number of allylic oxidation sites excluding steroid dienone is 1. The van der Waals surface area contributed by atoms with Gasteiger partial charge in [0.15, 0.2) is 5.82 Å². The van der Waals surface area contributed by atoms with E-state index in [9.17, 15) is 0 Å². The van der Waals surface area contributed by atoms with E-state index >= 15 is 0 Å². The fourth-order valence-corrected chi connectivity index (χ4v) is 2.10. The molecule has 0 saturated carbocycles. The van der Waals surface area contributed by atoms with Gasteiger partial charge in [-0.05, 0) is 18.2 Å². The minimum atomic E-state index is 0.716. The highest BCUT2D eigenvalue weighted by atomic mass is 15.7. The average Bonchev–Trinajstić information content (AvgIpc) is 2.95. The van der Waals surface area contributed by atoms with Gasteiger partial charge in [-0.3, -0.25) is 9.98 Å². The van der Waals surface area contributed by atoms with Crippen LogP contribution in [0.5, 0.6) is 0 Å². The zero-order valence-corrected chi connectivity index (χ0v) is 9.91. The first-order chi connectivity index (χ1) is 9.42. The molecule has 0 amide bonds. The third-order valence-electron chi connectivity index (χ3n) is 3.00. The van der Waals surface area contributed by atoms with E-state index in [1.807, 2.05) is 35.4 Å². The van der Waals surface area contributed by atoms with Crippen LogP contribution < -0.4 is 16.0 Å². The molecule has 1 aromatic heterocycles. The Balaban J connectivity index is 1.80. The number of aromatic nitrogens is 2. The predicted octanol–water partition coefficient (Wildman–Crippen LogP) is 1.27. The lowest BCUT2D eigenvalue weighted by Crippen LogP contribution is -2.48. The number of rotatable bonds is 1. The van der Waals surface area contributed by atoms with Crippen molar-refractivity contribution < 1.29 is 0 Å². The van der Waals surface area contributed by atoms with Gasteiger partial charge in [0.2, 0.25) is 0 Å². The Hall–Kier alpha value is -2.73. The molecule has 4 rings (SSSR count). The molecule has 3 heterocycles. The van der Waals surface area contributed by atoms with Gasteiger partial charge >= 0.3 is 0 Å². The molecule has 0 unspecified atom stereocenters. The van der Waals surface area contributed by atoms with Gasteiger partial charge in [-0.25, -0.2) is 9.99 Å². The van der Waals surface area contributed by atoms with Crippen molar-refractivity contribution in [1.29, 1.82) is 0 Å². The number of anilines is 1. The number of para-hydroxylation sites is 2. The van der Waals surface area contributed by atoms with E-state index in [1.54, 1.807) is 18.6 Å². The Labute approximate surface area is 109 Å². The molecule has 2 aliphatic heterocycles. The quantitative estimate of drug-likeness (QED) is 0.798. The molecule has 92 valence electrons. The monoisotopic (exact) mass is 250 g/mol. The van der Waals surface area contributed by atoms with Gasteiger partial charge in [-0.1, -0.05) is 12.1 Å². The highest BCUT2D eigenvalue weighted by Gasteiger charge is 2.22. The van der Waals surface area contributed by atoms with Gasteiger partial charge < -0.3 is 5.43 Å². The van der Waals surface area contributed by atoms with Crippen molar-refractivity contribution in [1.82, 2.24) is 20.9 Å². The van der Waals surface area contributed by atoms with Gasteiger partial charge in [0, 0.05) is 12.4 Å². The number of benzene rings is 1. The van der Waals surface area contributed by atoms with Crippen molar-refractivity contribution >= 4 is 23.1 Å². The van der Waals surface area contributed by atoms with Crippen LogP contribution in [0.2, 0.25) is 0 Å². The highest BCUT2D eigenvalue weighted by Crippen LogP contribution is 2.25. The normalized spacial score (nSPS) is 16.9. The van der Waals surface area contributed by atoms with Crippen LogP contribution in [0.15, 0.2) is 59.1 Å². The summed E-state index contributed by atoms with van der Waals surface area (Å²) in [5.74, 6) is 0.716. The third kappa shape index (κ3) is 1.58. The van der Waals surface area contributed by atoms with E-state index < -0.39 is 0 Å². The molecule has 0 spiro atoms. The fourth-order valence-electron chi connectivity index (χ4n) is 2.10. The van der Waals surface area contributed by atoms with Crippen LogP contribution in [0.4, 0.5) is 5.82 Å². The Morgan fingerprint density at radius 1 is 1.11 bits per heavy atom. The second-order valence-electron chi connectivity index (χ2n) is 4.17. The maximum Gasteiger partial charge on any atom is 0.168 e. The summed E-state index contributed by atoms with van der Waals surface area (Å²) in [5, 5.41) is 1.82. The molecule has 2 aliphatic rings. The van der Waals surface area contributed by atoms with Gasteiger partial charge in [0.05, 0.1) is 22.9 Å². The van der Waals surface area contributed by atoms with Crippen LogP contribution in [-0.2, 0) is 0 Å². The second-order valence-corrected chi connectivity index (χ2v) is 4.17. The Morgan fingerprint density at radius 3 is 2.95 bits per heavy atom. The van der Waals surface area contributed by atoms with Crippen LogP contribution in [0.3, 0.4) is 0 Å². The van der Waals surface area contributed by atoms with Crippen molar-refractivity contribution in [2.75, 3.05) is 5.01 Å². The summed E-state index contributed by atoms with van der Waals surface area (Å²) in [6.07, 6.45) is 7.23. The molecule has 2 aromatic rings. The number of nitrogens with zero attached hydrogens (tertiary/aromatic N) is 4. The number of fused-ring (bicyclic) bond motifs is 2. The first kappa shape index (κ1) is 10.2. The van der Waals surface area contributed by atoms with Crippen molar-refractivity contribution in [3.8, 4) is 0 Å². The van der Waals surface area contributed by atoms with Crippen molar-refractivity contribution in [3.63, 3.8) is 0 Å². The van der Waals surface area contributed by atoms with Gasteiger partial charge in [-0.2, -0.15) is 0 Å². The zero-order chi connectivity index (χ0) is 12.7. The summed E-state index contributed by atoms with van der Waals surface area (Å²) < 4.78 is 0. The van der Waals surface area contributed by atoms with Crippen LogP contribution in [0.25, 0.3) is 11.0 Å². The summed E-state index contributed by atoms with van der Waals surface area (Å²) in [7, 11) is 0. The molecule has 19 heavy (non-hydrogen) atoms. The number of nitrogens with one attached hydrogen (secondary N) is 2. The van der Waals surface area contributed by atoms with E-state index in [2.05, 4.69) is 25.9 Å². The molecule has 0 radical (unpaired) electrons. The molecule has 0 bridgehead atoms. The van der Waals surface area contributed by atoms with E-state index in [4.69, 9.17) is 0 Å². The number of hydrogen-bond donors (Lipinski definition) is 2.